The molecule has 0 fully saturated rings. The molecule has 1 N–H and O–H groups in total. The smallest absolute Gasteiger partial charge is 0.262 e. The molecule has 0 bridgehead atoms. The Balaban J connectivity index is 1.98. The van der Waals surface area contributed by atoms with Crippen molar-refractivity contribution in [2.75, 3.05) is 11.9 Å². The number of hydrogen-bond donors (Lipinski definition) is 1. The first kappa shape index (κ1) is 14.1. The Bertz CT molecular complexity index is 582. The van der Waals surface area contributed by atoms with Gasteiger partial charge in [-0.3, -0.25) is 4.79 Å². The minimum absolute atomic E-state index is 0.0471. The second-order valence-corrected chi connectivity index (χ2v) is 4.47. The Morgan fingerprint density at radius 3 is 2.80 bits per heavy atom. The third-order valence-electron chi connectivity index (χ3n) is 2.99. The maximum atomic E-state index is 11.9. The van der Waals surface area contributed by atoms with Crippen LogP contribution in [0.15, 0.2) is 42.6 Å². The number of para-hydroxylation sites is 1. The fourth-order valence-corrected chi connectivity index (χ4v) is 1.95. The van der Waals surface area contributed by atoms with E-state index in [9.17, 15) is 4.79 Å². The Kier molecular flexibility index (Phi) is 4.71. The first-order valence-corrected chi connectivity index (χ1v) is 6.63. The number of anilines is 1. The van der Waals surface area contributed by atoms with Gasteiger partial charge in [-0.1, -0.05) is 31.2 Å². The van der Waals surface area contributed by atoms with E-state index in [4.69, 9.17) is 4.74 Å². The van der Waals surface area contributed by atoms with Crippen molar-refractivity contribution < 1.29 is 9.53 Å². The molecule has 0 saturated carbocycles. The molecule has 1 aromatic carbocycles. The second kappa shape index (κ2) is 6.70. The molecule has 1 heterocycles. The van der Waals surface area contributed by atoms with Crippen molar-refractivity contribution in [2.45, 2.75) is 20.3 Å². The van der Waals surface area contributed by atoms with Gasteiger partial charge < -0.3 is 10.1 Å². The van der Waals surface area contributed by atoms with E-state index in [-0.39, 0.29) is 12.5 Å². The molecule has 0 aliphatic heterocycles. The molecule has 2 rings (SSSR count). The predicted molar refractivity (Wildman–Crippen MR) is 78.9 cm³/mol. The molecular weight excluding hydrogens is 252 g/mol. The van der Waals surface area contributed by atoms with Gasteiger partial charge in [0.25, 0.3) is 5.91 Å². The number of pyridine rings is 1. The lowest BCUT2D eigenvalue weighted by Crippen LogP contribution is -2.21. The summed E-state index contributed by atoms with van der Waals surface area (Å²) in [6.45, 7) is 4.00. The molecule has 4 heteroatoms. The van der Waals surface area contributed by atoms with E-state index in [1.807, 2.05) is 31.2 Å². The van der Waals surface area contributed by atoms with Gasteiger partial charge in [-0.15, -0.1) is 0 Å². The predicted octanol–water partition coefficient (Wildman–Crippen LogP) is 2.97. The fourth-order valence-electron chi connectivity index (χ4n) is 1.95. The Labute approximate surface area is 118 Å². The molecule has 2 aromatic rings. The first-order valence-electron chi connectivity index (χ1n) is 6.63. The quantitative estimate of drug-likeness (QED) is 0.908. The summed E-state index contributed by atoms with van der Waals surface area (Å²) in [6.07, 6.45) is 2.50. The van der Waals surface area contributed by atoms with Crippen LogP contribution < -0.4 is 10.1 Å². The third-order valence-corrected chi connectivity index (χ3v) is 2.99. The number of carbonyl (C=O) groups excluding carboxylic acids is 1. The standard InChI is InChI=1S/C16H18N2O2/c1-3-13-8-6-7-12(2)16(13)18-14(19)11-20-15-9-4-5-10-17-15/h4-10H,3,11H2,1-2H3,(H,18,19). The number of carbonyl (C=O) groups is 1. The number of aryl methyl sites for hydroxylation is 2. The summed E-state index contributed by atoms with van der Waals surface area (Å²) in [6, 6.07) is 11.3. The molecule has 0 spiro atoms. The van der Waals surface area contributed by atoms with Crippen LogP contribution in [-0.4, -0.2) is 17.5 Å². The number of rotatable bonds is 5. The molecule has 1 amide bonds. The van der Waals surface area contributed by atoms with Crippen molar-refractivity contribution in [1.29, 1.82) is 0 Å². The Morgan fingerprint density at radius 1 is 1.25 bits per heavy atom. The van der Waals surface area contributed by atoms with Crippen LogP contribution in [0.1, 0.15) is 18.1 Å². The van der Waals surface area contributed by atoms with Crippen molar-refractivity contribution in [3.63, 3.8) is 0 Å². The van der Waals surface area contributed by atoms with Crippen molar-refractivity contribution in [1.82, 2.24) is 4.98 Å². The van der Waals surface area contributed by atoms with Crippen LogP contribution in [0.5, 0.6) is 5.88 Å². The highest BCUT2D eigenvalue weighted by Gasteiger charge is 2.09. The fraction of sp³-hybridized carbons (Fsp3) is 0.250. The van der Waals surface area contributed by atoms with Gasteiger partial charge in [-0.25, -0.2) is 4.98 Å². The van der Waals surface area contributed by atoms with Gasteiger partial charge >= 0.3 is 0 Å². The van der Waals surface area contributed by atoms with Gasteiger partial charge in [-0.05, 0) is 30.5 Å². The number of amides is 1. The van der Waals surface area contributed by atoms with Crippen LogP contribution in [0.4, 0.5) is 5.69 Å². The van der Waals surface area contributed by atoms with Crippen molar-refractivity contribution in [3.8, 4) is 5.88 Å². The van der Waals surface area contributed by atoms with Crippen LogP contribution in [0.25, 0.3) is 0 Å². The van der Waals surface area contributed by atoms with Gasteiger partial charge in [0, 0.05) is 18.0 Å². The van der Waals surface area contributed by atoms with E-state index >= 15 is 0 Å². The monoisotopic (exact) mass is 270 g/mol. The molecule has 0 saturated heterocycles. The summed E-state index contributed by atoms with van der Waals surface area (Å²) in [4.78, 5) is 15.9. The molecule has 20 heavy (non-hydrogen) atoms. The lowest BCUT2D eigenvalue weighted by Gasteiger charge is -2.13. The highest BCUT2D eigenvalue weighted by Crippen LogP contribution is 2.20. The van der Waals surface area contributed by atoms with Crippen molar-refractivity contribution >= 4 is 11.6 Å². The van der Waals surface area contributed by atoms with Gasteiger partial charge in [0.15, 0.2) is 6.61 Å². The van der Waals surface area contributed by atoms with Crippen LogP contribution in [-0.2, 0) is 11.2 Å². The highest BCUT2D eigenvalue weighted by molar-refractivity contribution is 5.93. The molecule has 0 unspecified atom stereocenters. The van der Waals surface area contributed by atoms with Crippen LogP contribution in [0.2, 0.25) is 0 Å². The van der Waals surface area contributed by atoms with E-state index in [0.29, 0.717) is 5.88 Å². The van der Waals surface area contributed by atoms with E-state index in [1.54, 1.807) is 18.3 Å². The largest absolute Gasteiger partial charge is 0.468 e. The van der Waals surface area contributed by atoms with Gasteiger partial charge in [0.05, 0.1) is 0 Å². The Hall–Kier alpha value is -2.36. The SMILES string of the molecule is CCc1cccc(C)c1NC(=O)COc1ccccn1. The van der Waals surface area contributed by atoms with E-state index in [1.165, 1.54) is 0 Å². The minimum Gasteiger partial charge on any atom is -0.468 e. The topological polar surface area (TPSA) is 51.2 Å². The summed E-state index contributed by atoms with van der Waals surface area (Å²) in [5, 5.41) is 2.91. The summed E-state index contributed by atoms with van der Waals surface area (Å²) in [5.74, 6) is 0.266. The van der Waals surface area contributed by atoms with Crippen molar-refractivity contribution in [2.24, 2.45) is 0 Å². The number of hydrogen-bond acceptors (Lipinski definition) is 3. The number of nitrogens with zero attached hydrogens (tertiary/aromatic N) is 1. The maximum Gasteiger partial charge on any atom is 0.262 e. The molecule has 0 atom stereocenters. The van der Waals surface area contributed by atoms with Gasteiger partial charge in [-0.2, -0.15) is 0 Å². The highest BCUT2D eigenvalue weighted by atomic mass is 16.5. The zero-order chi connectivity index (χ0) is 14.4. The van der Waals surface area contributed by atoms with Gasteiger partial charge in [0.2, 0.25) is 5.88 Å². The number of nitrogens with one attached hydrogen (secondary N) is 1. The minimum atomic E-state index is -0.181. The molecule has 0 radical (unpaired) electrons. The first-order chi connectivity index (χ1) is 9.70. The molecule has 0 aliphatic carbocycles. The summed E-state index contributed by atoms with van der Waals surface area (Å²) in [7, 11) is 0. The van der Waals surface area contributed by atoms with Crippen LogP contribution in [0.3, 0.4) is 0 Å². The van der Waals surface area contributed by atoms with E-state index in [0.717, 1.165) is 23.2 Å². The normalized spacial score (nSPS) is 10.1. The zero-order valence-corrected chi connectivity index (χ0v) is 11.7. The van der Waals surface area contributed by atoms with Gasteiger partial charge in [0.1, 0.15) is 0 Å². The number of aromatic nitrogens is 1. The summed E-state index contributed by atoms with van der Waals surface area (Å²) < 4.78 is 5.33. The average Bonchev–Trinajstić information content (AvgIpc) is 2.48. The third kappa shape index (κ3) is 3.57. The Morgan fingerprint density at radius 2 is 2.10 bits per heavy atom. The molecule has 1 aromatic heterocycles. The van der Waals surface area contributed by atoms with Crippen LogP contribution >= 0.6 is 0 Å². The average molecular weight is 270 g/mol. The lowest BCUT2D eigenvalue weighted by atomic mass is 10.1. The van der Waals surface area contributed by atoms with Crippen LogP contribution in [0, 0.1) is 6.92 Å². The summed E-state index contributed by atoms with van der Waals surface area (Å²) >= 11 is 0. The number of ether oxygens (including phenoxy) is 1. The van der Waals surface area contributed by atoms with E-state index in [2.05, 4.69) is 17.2 Å². The second-order valence-electron chi connectivity index (χ2n) is 4.47. The zero-order valence-electron chi connectivity index (χ0n) is 11.7. The van der Waals surface area contributed by atoms with Crippen molar-refractivity contribution in [3.05, 3.63) is 53.7 Å². The maximum absolute atomic E-state index is 11.9. The number of benzene rings is 1. The summed E-state index contributed by atoms with van der Waals surface area (Å²) in [5.41, 5.74) is 3.05. The van der Waals surface area contributed by atoms with E-state index < -0.39 is 0 Å². The molecule has 0 aliphatic rings. The molecular formula is C16H18N2O2. The lowest BCUT2D eigenvalue weighted by molar-refractivity contribution is -0.118. The molecule has 4 nitrogen and oxygen atoms in total. The molecule has 104 valence electrons.